The molecule has 7 nitrogen and oxygen atoms in total. The number of benzene rings is 1. The second-order valence-corrected chi connectivity index (χ2v) is 6.25. The van der Waals surface area contributed by atoms with Crippen LogP contribution in [-0.2, 0) is 4.79 Å². The molecule has 1 unspecified atom stereocenters. The normalized spacial score (nSPS) is 16.7. The van der Waals surface area contributed by atoms with Gasteiger partial charge < -0.3 is 10.0 Å². The molecule has 1 fully saturated rings. The van der Waals surface area contributed by atoms with E-state index in [-0.39, 0.29) is 17.8 Å². The fourth-order valence-electron chi connectivity index (χ4n) is 3.22. The Morgan fingerprint density at radius 1 is 1.35 bits per heavy atom. The Hall–Kier alpha value is -3.03. The van der Waals surface area contributed by atoms with Gasteiger partial charge in [0.15, 0.2) is 5.69 Å². The minimum Gasteiger partial charge on any atom is -0.481 e. The van der Waals surface area contributed by atoms with E-state index in [1.807, 2.05) is 0 Å². The van der Waals surface area contributed by atoms with Crippen molar-refractivity contribution >= 4 is 11.9 Å². The van der Waals surface area contributed by atoms with Crippen LogP contribution in [0.1, 0.15) is 35.4 Å². The maximum absolute atomic E-state index is 14.1. The summed E-state index contributed by atoms with van der Waals surface area (Å²) in [5.41, 5.74) is -0.389. The van der Waals surface area contributed by atoms with Gasteiger partial charge in [-0.05, 0) is 31.9 Å². The molecular formula is C18H18FN3O4. The smallest absolute Gasteiger partial charge is 0.305 e. The molecule has 8 heteroatoms. The standard InChI is InChI=1S/C18H18FN3O4/c1-11-9-15(23)17(20-22(11)14-7-3-2-6-13(14)19)18(26)21-8-4-5-12(21)10-16(24)25/h2-3,6-7,9,12H,4-5,8,10H2,1H3,(H,24,25). The van der Waals surface area contributed by atoms with Gasteiger partial charge in [0.2, 0.25) is 5.43 Å². The van der Waals surface area contributed by atoms with E-state index in [2.05, 4.69) is 5.10 Å². The molecule has 26 heavy (non-hydrogen) atoms. The van der Waals surface area contributed by atoms with Crippen LogP contribution in [0.5, 0.6) is 0 Å². The van der Waals surface area contributed by atoms with E-state index in [9.17, 15) is 18.8 Å². The first kappa shape index (κ1) is 17.8. The Morgan fingerprint density at radius 2 is 2.08 bits per heavy atom. The maximum Gasteiger partial charge on any atom is 0.305 e. The van der Waals surface area contributed by atoms with Gasteiger partial charge in [0.1, 0.15) is 11.5 Å². The predicted molar refractivity (Wildman–Crippen MR) is 90.8 cm³/mol. The summed E-state index contributed by atoms with van der Waals surface area (Å²) in [4.78, 5) is 37.5. The Kier molecular flexibility index (Phi) is 4.83. The fourth-order valence-corrected chi connectivity index (χ4v) is 3.22. The fraction of sp³-hybridized carbons (Fsp3) is 0.333. The third kappa shape index (κ3) is 3.35. The third-order valence-corrected chi connectivity index (χ3v) is 4.44. The monoisotopic (exact) mass is 359 g/mol. The Balaban J connectivity index is 2.01. The van der Waals surface area contributed by atoms with Crippen molar-refractivity contribution in [3.05, 3.63) is 57.8 Å². The summed E-state index contributed by atoms with van der Waals surface area (Å²) >= 11 is 0. The summed E-state index contributed by atoms with van der Waals surface area (Å²) in [7, 11) is 0. The zero-order valence-electron chi connectivity index (χ0n) is 14.2. The molecule has 136 valence electrons. The molecule has 3 rings (SSSR count). The van der Waals surface area contributed by atoms with Gasteiger partial charge in [-0.1, -0.05) is 12.1 Å². The molecule has 1 aliphatic rings. The van der Waals surface area contributed by atoms with Crippen molar-refractivity contribution in [3.8, 4) is 5.69 Å². The molecule has 1 atom stereocenters. The maximum atomic E-state index is 14.1. The average molecular weight is 359 g/mol. The number of hydrogen-bond donors (Lipinski definition) is 1. The topological polar surface area (TPSA) is 92.5 Å². The highest BCUT2D eigenvalue weighted by Crippen LogP contribution is 2.22. The second kappa shape index (κ2) is 7.07. The molecule has 1 aromatic heterocycles. The zero-order valence-corrected chi connectivity index (χ0v) is 14.2. The lowest BCUT2D eigenvalue weighted by Crippen LogP contribution is -2.40. The molecule has 1 N–H and O–H groups in total. The molecule has 0 spiro atoms. The largest absolute Gasteiger partial charge is 0.481 e. The summed E-state index contributed by atoms with van der Waals surface area (Å²) in [6.45, 7) is 1.96. The van der Waals surface area contributed by atoms with Gasteiger partial charge >= 0.3 is 5.97 Å². The first-order valence-electron chi connectivity index (χ1n) is 8.27. The van der Waals surface area contributed by atoms with Crippen LogP contribution in [0.15, 0.2) is 35.1 Å². The van der Waals surface area contributed by atoms with Crippen LogP contribution in [0.4, 0.5) is 4.39 Å². The van der Waals surface area contributed by atoms with Crippen LogP contribution >= 0.6 is 0 Å². The number of aryl methyl sites for hydroxylation is 1. The minimum atomic E-state index is -1.00. The van der Waals surface area contributed by atoms with E-state index in [1.54, 1.807) is 13.0 Å². The van der Waals surface area contributed by atoms with Crippen molar-refractivity contribution < 1.29 is 19.1 Å². The number of carboxylic acid groups (broad SMARTS) is 1. The number of carbonyl (C=O) groups is 2. The van der Waals surface area contributed by atoms with Gasteiger partial charge in [0.25, 0.3) is 5.91 Å². The van der Waals surface area contributed by atoms with Gasteiger partial charge in [-0.15, -0.1) is 0 Å². The van der Waals surface area contributed by atoms with E-state index in [0.29, 0.717) is 25.1 Å². The second-order valence-electron chi connectivity index (χ2n) is 6.25. The van der Waals surface area contributed by atoms with Crippen LogP contribution in [0.25, 0.3) is 5.69 Å². The molecular weight excluding hydrogens is 341 g/mol. The van der Waals surface area contributed by atoms with Crippen molar-refractivity contribution in [1.29, 1.82) is 0 Å². The zero-order chi connectivity index (χ0) is 18.8. The minimum absolute atomic E-state index is 0.127. The number of amides is 1. The van der Waals surface area contributed by atoms with Crippen LogP contribution < -0.4 is 5.43 Å². The van der Waals surface area contributed by atoms with Gasteiger partial charge in [-0.2, -0.15) is 5.10 Å². The number of aliphatic carboxylic acids is 1. The number of nitrogens with zero attached hydrogens (tertiary/aromatic N) is 3. The molecule has 1 aliphatic heterocycles. The first-order chi connectivity index (χ1) is 12.4. The van der Waals surface area contributed by atoms with Gasteiger partial charge in [-0.3, -0.25) is 14.4 Å². The SMILES string of the molecule is Cc1cc(=O)c(C(=O)N2CCCC2CC(=O)O)nn1-c1ccccc1F. The molecule has 2 heterocycles. The number of aromatic nitrogens is 2. The molecule has 2 aromatic rings. The number of likely N-dealkylation sites (tertiary alicyclic amines) is 1. The molecule has 0 radical (unpaired) electrons. The van der Waals surface area contributed by atoms with Crippen molar-refractivity contribution in [1.82, 2.24) is 14.7 Å². The van der Waals surface area contributed by atoms with Gasteiger partial charge in [0, 0.05) is 24.3 Å². The number of carbonyl (C=O) groups excluding carboxylic acids is 1. The van der Waals surface area contributed by atoms with Crippen LogP contribution in [-0.4, -0.2) is 44.3 Å². The van der Waals surface area contributed by atoms with E-state index >= 15 is 0 Å². The quantitative estimate of drug-likeness (QED) is 0.898. The van der Waals surface area contributed by atoms with Crippen LogP contribution in [0.2, 0.25) is 0 Å². The molecule has 0 bridgehead atoms. The molecule has 0 saturated carbocycles. The van der Waals surface area contributed by atoms with Gasteiger partial charge in [0.05, 0.1) is 6.42 Å². The van der Waals surface area contributed by atoms with Crippen molar-refractivity contribution in [2.24, 2.45) is 0 Å². The summed E-state index contributed by atoms with van der Waals surface area (Å²) in [5, 5.41) is 13.1. The lowest BCUT2D eigenvalue weighted by atomic mass is 10.1. The van der Waals surface area contributed by atoms with Crippen LogP contribution in [0, 0.1) is 12.7 Å². The summed E-state index contributed by atoms with van der Waals surface area (Å²) in [6, 6.07) is 6.68. The molecule has 1 saturated heterocycles. The lowest BCUT2D eigenvalue weighted by Gasteiger charge is -2.23. The first-order valence-corrected chi connectivity index (χ1v) is 8.27. The van der Waals surface area contributed by atoms with E-state index in [4.69, 9.17) is 5.11 Å². The Labute approximate surface area is 148 Å². The lowest BCUT2D eigenvalue weighted by molar-refractivity contribution is -0.137. The Bertz CT molecular complexity index is 925. The highest BCUT2D eigenvalue weighted by molar-refractivity contribution is 5.92. The number of hydrogen-bond acceptors (Lipinski definition) is 4. The van der Waals surface area contributed by atoms with Crippen molar-refractivity contribution in [3.63, 3.8) is 0 Å². The van der Waals surface area contributed by atoms with E-state index in [1.165, 1.54) is 33.8 Å². The third-order valence-electron chi connectivity index (χ3n) is 4.44. The number of rotatable bonds is 4. The highest BCUT2D eigenvalue weighted by atomic mass is 19.1. The summed E-state index contributed by atoms with van der Waals surface area (Å²) in [5.74, 6) is -2.16. The predicted octanol–water partition coefficient (Wildman–Crippen LogP) is 1.76. The Morgan fingerprint density at radius 3 is 2.77 bits per heavy atom. The number of para-hydroxylation sites is 1. The summed E-state index contributed by atoms with van der Waals surface area (Å²) in [6.07, 6.45) is 1.04. The number of halogens is 1. The van der Waals surface area contributed by atoms with Crippen molar-refractivity contribution in [2.45, 2.75) is 32.2 Å². The summed E-state index contributed by atoms with van der Waals surface area (Å²) < 4.78 is 15.3. The van der Waals surface area contributed by atoms with E-state index < -0.39 is 29.2 Å². The average Bonchev–Trinajstić information content (AvgIpc) is 3.03. The molecule has 1 aromatic carbocycles. The van der Waals surface area contributed by atoms with Crippen molar-refractivity contribution in [2.75, 3.05) is 6.54 Å². The van der Waals surface area contributed by atoms with Crippen LogP contribution in [0.3, 0.4) is 0 Å². The van der Waals surface area contributed by atoms with Gasteiger partial charge in [-0.25, -0.2) is 9.07 Å². The highest BCUT2D eigenvalue weighted by Gasteiger charge is 2.33. The number of carboxylic acids is 1. The van der Waals surface area contributed by atoms with E-state index in [0.717, 1.165) is 0 Å². The molecule has 0 aliphatic carbocycles. The molecule has 1 amide bonds.